The van der Waals surface area contributed by atoms with Crippen molar-refractivity contribution in [1.82, 2.24) is 5.32 Å². The van der Waals surface area contributed by atoms with Gasteiger partial charge in [-0.3, -0.25) is 4.79 Å². The number of hydrogen-bond donors (Lipinski definition) is 2. The van der Waals surface area contributed by atoms with Crippen LogP contribution in [0.5, 0.6) is 5.75 Å². The number of carbonyl (C=O) groups is 1. The van der Waals surface area contributed by atoms with Crippen LogP contribution in [0.1, 0.15) is 36.8 Å². The number of ether oxygens (including phenoxy) is 1. The number of fused-ring (bicyclic) bond motifs is 1. The summed E-state index contributed by atoms with van der Waals surface area (Å²) < 4.78 is 20.4. The summed E-state index contributed by atoms with van der Waals surface area (Å²) in [4.78, 5) is 10.9. The van der Waals surface area contributed by atoms with E-state index < -0.39 is 17.6 Å². The second-order valence-corrected chi connectivity index (χ2v) is 6.96. The van der Waals surface area contributed by atoms with E-state index in [-0.39, 0.29) is 6.54 Å². The molecule has 1 aromatic carbocycles. The van der Waals surface area contributed by atoms with E-state index in [1.54, 1.807) is 0 Å². The minimum absolute atomic E-state index is 0.223. The van der Waals surface area contributed by atoms with Crippen LogP contribution >= 0.6 is 11.6 Å². The molecule has 0 spiro atoms. The Morgan fingerprint density at radius 2 is 2.17 bits per heavy atom. The van der Waals surface area contributed by atoms with Gasteiger partial charge in [0.25, 0.3) is 0 Å². The lowest BCUT2D eigenvalue weighted by molar-refractivity contribution is -0.143. The molecule has 0 amide bonds. The average Bonchev–Trinajstić information content (AvgIpc) is 2.95. The van der Waals surface area contributed by atoms with Gasteiger partial charge in [0.05, 0.1) is 12.5 Å². The largest absolute Gasteiger partial charge is 0.493 e. The highest BCUT2D eigenvalue weighted by Gasteiger charge is 2.37. The van der Waals surface area contributed by atoms with E-state index in [1.165, 1.54) is 0 Å². The second-order valence-electron chi connectivity index (χ2n) is 6.52. The quantitative estimate of drug-likeness (QED) is 0.862. The number of halogens is 2. The third kappa shape index (κ3) is 3.78. The van der Waals surface area contributed by atoms with Crippen LogP contribution in [0.4, 0.5) is 4.39 Å². The standard InChI is InChI=1S/C17H21ClFNO3/c18-14-7-12-3-6-23-15(12)13(8-14)9-20-10-17(19)4-1-11(2-5-17)16(21)22/h7-8,11,20H,1-6,9-10H2,(H,21,22). The van der Waals surface area contributed by atoms with E-state index in [0.29, 0.717) is 43.9 Å². The average molecular weight is 342 g/mol. The molecule has 3 rings (SSSR count). The van der Waals surface area contributed by atoms with Gasteiger partial charge in [-0.1, -0.05) is 11.6 Å². The summed E-state index contributed by atoms with van der Waals surface area (Å²) in [5.41, 5.74) is 0.730. The summed E-state index contributed by atoms with van der Waals surface area (Å²) >= 11 is 6.12. The van der Waals surface area contributed by atoms with E-state index in [2.05, 4.69) is 5.32 Å². The highest BCUT2D eigenvalue weighted by Crippen LogP contribution is 2.36. The number of hydrogen-bond acceptors (Lipinski definition) is 3. The Morgan fingerprint density at radius 1 is 1.43 bits per heavy atom. The minimum atomic E-state index is -1.32. The molecule has 0 bridgehead atoms. The molecule has 1 saturated carbocycles. The van der Waals surface area contributed by atoms with Crippen molar-refractivity contribution < 1.29 is 19.0 Å². The van der Waals surface area contributed by atoms with Gasteiger partial charge in [-0.2, -0.15) is 0 Å². The first kappa shape index (κ1) is 16.5. The van der Waals surface area contributed by atoms with Crippen molar-refractivity contribution in [3.05, 3.63) is 28.3 Å². The molecule has 1 fully saturated rings. The van der Waals surface area contributed by atoms with Crippen LogP contribution in [0.25, 0.3) is 0 Å². The molecular weight excluding hydrogens is 321 g/mol. The maximum Gasteiger partial charge on any atom is 0.306 e. The molecule has 1 aromatic rings. The Labute approximate surface area is 140 Å². The molecule has 0 radical (unpaired) electrons. The number of carboxylic acid groups (broad SMARTS) is 1. The van der Waals surface area contributed by atoms with Gasteiger partial charge in [0.1, 0.15) is 11.4 Å². The van der Waals surface area contributed by atoms with Gasteiger partial charge in [-0.25, -0.2) is 4.39 Å². The molecule has 4 nitrogen and oxygen atoms in total. The number of alkyl halides is 1. The number of carboxylic acids is 1. The Bertz CT molecular complexity index is 600. The van der Waals surface area contributed by atoms with Crippen LogP contribution in [0.15, 0.2) is 12.1 Å². The van der Waals surface area contributed by atoms with Crippen molar-refractivity contribution in [2.24, 2.45) is 5.92 Å². The number of benzene rings is 1. The maximum absolute atomic E-state index is 14.8. The summed E-state index contributed by atoms with van der Waals surface area (Å²) in [5, 5.41) is 12.8. The zero-order valence-electron chi connectivity index (χ0n) is 12.9. The number of rotatable bonds is 5. The van der Waals surface area contributed by atoms with Gasteiger partial charge in [-0.15, -0.1) is 0 Å². The normalized spacial score (nSPS) is 26.6. The van der Waals surface area contributed by atoms with Gasteiger partial charge in [0.15, 0.2) is 0 Å². The number of aliphatic carboxylic acids is 1. The minimum Gasteiger partial charge on any atom is -0.493 e. The van der Waals surface area contributed by atoms with Crippen molar-refractivity contribution in [3.8, 4) is 5.75 Å². The predicted octanol–water partition coefficient (Wildman–Crippen LogP) is 3.35. The Balaban J connectivity index is 1.55. The number of nitrogens with one attached hydrogen (secondary N) is 1. The smallest absolute Gasteiger partial charge is 0.306 e. The molecule has 1 heterocycles. The molecule has 2 N–H and O–H groups in total. The summed E-state index contributed by atoms with van der Waals surface area (Å²) in [5.74, 6) is -0.348. The van der Waals surface area contributed by atoms with Crippen molar-refractivity contribution in [2.45, 2.75) is 44.3 Å². The Hall–Kier alpha value is -1.33. The third-order valence-corrected chi connectivity index (χ3v) is 5.03. The fourth-order valence-electron chi connectivity index (χ4n) is 3.46. The van der Waals surface area contributed by atoms with Crippen molar-refractivity contribution in [1.29, 1.82) is 0 Å². The van der Waals surface area contributed by atoms with Gasteiger partial charge >= 0.3 is 5.97 Å². The predicted molar refractivity (Wildman–Crippen MR) is 85.8 cm³/mol. The van der Waals surface area contributed by atoms with Gasteiger partial charge in [0, 0.05) is 30.1 Å². The highest BCUT2D eigenvalue weighted by molar-refractivity contribution is 6.30. The zero-order valence-corrected chi connectivity index (χ0v) is 13.7. The molecule has 0 aromatic heterocycles. The van der Waals surface area contributed by atoms with Crippen LogP contribution in [-0.4, -0.2) is 29.9 Å². The van der Waals surface area contributed by atoms with Crippen molar-refractivity contribution in [3.63, 3.8) is 0 Å². The van der Waals surface area contributed by atoms with Gasteiger partial charge in [0.2, 0.25) is 0 Å². The molecule has 126 valence electrons. The monoisotopic (exact) mass is 341 g/mol. The van der Waals surface area contributed by atoms with Crippen LogP contribution < -0.4 is 10.1 Å². The molecule has 1 aliphatic carbocycles. The third-order valence-electron chi connectivity index (χ3n) is 4.81. The molecule has 0 unspecified atom stereocenters. The van der Waals surface area contributed by atoms with Crippen LogP contribution in [0.3, 0.4) is 0 Å². The van der Waals surface area contributed by atoms with Crippen LogP contribution in [-0.2, 0) is 17.8 Å². The molecule has 2 aliphatic rings. The molecule has 0 atom stereocenters. The lowest BCUT2D eigenvalue weighted by atomic mass is 9.80. The SMILES string of the molecule is O=C(O)C1CCC(F)(CNCc2cc(Cl)cc3c2OCC3)CC1. The van der Waals surface area contributed by atoms with E-state index in [0.717, 1.165) is 23.3 Å². The first-order valence-corrected chi connectivity index (χ1v) is 8.41. The fourth-order valence-corrected chi connectivity index (χ4v) is 3.72. The molecule has 1 aliphatic heterocycles. The summed E-state index contributed by atoms with van der Waals surface area (Å²) in [6, 6.07) is 3.77. The highest BCUT2D eigenvalue weighted by atomic mass is 35.5. The van der Waals surface area contributed by atoms with Gasteiger partial charge in [-0.05, 0) is 43.4 Å². The topological polar surface area (TPSA) is 58.6 Å². The van der Waals surface area contributed by atoms with Crippen molar-refractivity contribution >= 4 is 17.6 Å². The van der Waals surface area contributed by atoms with Crippen LogP contribution in [0.2, 0.25) is 5.02 Å². The van der Waals surface area contributed by atoms with Gasteiger partial charge < -0.3 is 15.2 Å². The maximum atomic E-state index is 14.8. The summed E-state index contributed by atoms with van der Waals surface area (Å²) in [6.07, 6.45) is 2.25. The summed E-state index contributed by atoms with van der Waals surface area (Å²) in [6.45, 7) is 1.38. The summed E-state index contributed by atoms with van der Waals surface area (Å²) in [7, 11) is 0. The van der Waals surface area contributed by atoms with E-state index in [9.17, 15) is 9.18 Å². The van der Waals surface area contributed by atoms with Crippen LogP contribution in [0, 0.1) is 5.92 Å². The first-order chi connectivity index (χ1) is 11.0. The molecule has 6 heteroatoms. The molecule has 0 saturated heterocycles. The Morgan fingerprint density at radius 3 is 2.87 bits per heavy atom. The first-order valence-electron chi connectivity index (χ1n) is 8.03. The fraction of sp³-hybridized carbons (Fsp3) is 0.588. The van der Waals surface area contributed by atoms with E-state index in [4.69, 9.17) is 21.4 Å². The van der Waals surface area contributed by atoms with Crippen molar-refractivity contribution in [2.75, 3.05) is 13.2 Å². The zero-order chi connectivity index (χ0) is 16.4. The van der Waals surface area contributed by atoms with E-state index >= 15 is 0 Å². The Kier molecular flexibility index (Phi) is 4.78. The second kappa shape index (κ2) is 6.65. The lowest BCUT2D eigenvalue weighted by Gasteiger charge is -2.32. The van der Waals surface area contributed by atoms with E-state index in [1.807, 2.05) is 12.1 Å². The lowest BCUT2D eigenvalue weighted by Crippen LogP contribution is -2.40. The molecule has 23 heavy (non-hydrogen) atoms. The molecular formula is C17H21ClFNO3.